The van der Waals surface area contributed by atoms with Crippen LogP contribution in [0.5, 0.6) is 0 Å². The Labute approximate surface area is 92.5 Å². The van der Waals surface area contributed by atoms with Crippen molar-refractivity contribution >= 4 is 34.8 Å². The van der Waals surface area contributed by atoms with Gasteiger partial charge < -0.3 is 5.32 Å². The van der Waals surface area contributed by atoms with Gasteiger partial charge in [0.1, 0.15) is 4.49 Å². The van der Waals surface area contributed by atoms with Crippen LogP contribution in [0.4, 0.5) is 0 Å². The second kappa shape index (κ2) is 5.03. The molecule has 0 aliphatic carbocycles. The smallest absolute Gasteiger partial charge is 0.221 e. The number of nitrogens with one attached hydrogen (secondary N) is 1. The molecule has 1 N–H and O–H groups in total. The normalized spacial score (nSPS) is 9.36. The van der Waals surface area contributed by atoms with Crippen LogP contribution in [0.3, 0.4) is 0 Å². The lowest BCUT2D eigenvalue weighted by molar-refractivity contribution is -0.117. The minimum Gasteiger partial charge on any atom is -0.324 e. The number of hydrogen-bond donors (Lipinski definition) is 1. The predicted octanol–water partition coefficient (Wildman–Crippen LogP) is 2.93. The summed E-state index contributed by atoms with van der Waals surface area (Å²) in [6, 6.07) is 9.19. The molecule has 0 unspecified atom stereocenters. The van der Waals surface area contributed by atoms with Crippen molar-refractivity contribution in [1.82, 2.24) is 5.32 Å². The minimum absolute atomic E-state index is 0.0476. The third kappa shape index (κ3) is 3.05. The molecule has 0 aliphatic heterocycles. The molecule has 0 fully saturated rings. The number of hydrogen-bond acceptors (Lipinski definition) is 1. The summed E-state index contributed by atoms with van der Waals surface area (Å²) in [4.78, 5) is 10.9. The van der Waals surface area contributed by atoms with Gasteiger partial charge in [0.25, 0.3) is 0 Å². The molecule has 14 heavy (non-hydrogen) atoms. The van der Waals surface area contributed by atoms with Crippen LogP contribution in [0.15, 0.2) is 34.8 Å². The van der Waals surface area contributed by atoms with Gasteiger partial charge in [0.2, 0.25) is 5.91 Å². The molecule has 1 aromatic carbocycles. The van der Waals surface area contributed by atoms with E-state index in [9.17, 15) is 4.79 Å². The van der Waals surface area contributed by atoms with Crippen molar-refractivity contribution in [3.8, 4) is 0 Å². The quantitative estimate of drug-likeness (QED) is 0.831. The summed E-state index contributed by atoms with van der Waals surface area (Å²) < 4.78 is 0.0476. The molecule has 0 radical (unpaired) electrons. The number of carbonyl (C=O) groups is 1. The van der Waals surface area contributed by atoms with Crippen molar-refractivity contribution in [2.24, 2.45) is 0 Å². The Morgan fingerprint density at radius 2 is 1.79 bits per heavy atom. The summed E-state index contributed by atoms with van der Waals surface area (Å²) >= 11 is 11.3. The SMILES string of the molecule is CC(=O)NC(=C(Cl)Cl)c1ccccc1. The maximum atomic E-state index is 10.9. The second-order valence-corrected chi connectivity index (χ2v) is 3.63. The van der Waals surface area contributed by atoms with E-state index < -0.39 is 0 Å². The number of benzene rings is 1. The van der Waals surface area contributed by atoms with Crippen LogP contribution in [0.1, 0.15) is 12.5 Å². The Balaban J connectivity index is 3.03. The Kier molecular flexibility index (Phi) is 3.98. The number of rotatable bonds is 2. The fraction of sp³-hybridized carbons (Fsp3) is 0.100. The fourth-order valence-electron chi connectivity index (χ4n) is 1.01. The van der Waals surface area contributed by atoms with Crippen molar-refractivity contribution in [3.63, 3.8) is 0 Å². The standard InChI is InChI=1S/C10H9Cl2NO/c1-7(14)13-9(10(11)12)8-5-3-2-4-6-8/h2-6H,1H3,(H,13,14). The van der Waals surface area contributed by atoms with Gasteiger partial charge >= 0.3 is 0 Å². The highest BCUT2D eigenvalue weighted by molar-refractivity contribution is 6.58. The minimum atomic E-state index is -0.206. The van der Waals surface area contributed by atoms with Gasteiger partial charge in [0, 0.05) is 12.5 Å². The van der Waals surface area contributed by atoms with Gasteiger partial charge in [-0.2, -0.15) is 0 Å². The van der Waals surface area contributed by atoms with Gasteiger partial charge in [-0.25, -0.2) is 0 Å². The average Bonchev–Trinajstić information content (AvgIpc) is 2.15. The Bertz CT molecular complexity index is 356. The van der Waals surface area contributed by atoms with Gasteiger partial charge in [-0.3, -0.25) is 4.79 Å². The van der Waals surface area contributed by atoms with Crippen molar-refractivity contribution in [2.45, 2.75) is 6.92 Å². The monoisotopic (exact) mass is 229 g/mol. The molecule has 2 nitrogen and oxygen atoms in total. The molecule has 1 aromatic rings. The summed E-state index contributed by atoms with van der Waals surface area (Å²) in [5.74, 6) is -0.206. The van der Waals surface area contributed by atoms with Crippen LogP contribution in [-0.4, -0.2) is 5.91 Å². The van der Waals surface area contributed by atoms with Gasteiger partial charge in [-0.1, -0.05) is 53.5 Å². The molecule has 0 aromatic heterocycles. The first-order chi connectivity index (χ1) is 6.61. The molecule has 1 rings (SSSR count). The fourth-order valence-corrected chi connectivity index (χ4v) is 1.32. The topological polar surface area (TPSA) is 29.1 Å². The van der Waals surface area contributed by atoms with E-state index in [0.717, 1.165) is 5.56 Å². The van der Waals surface area contributed by atoms with E-state index >= 15 is 0 Å². The van der Waals surface area contributed by atoms with Crippen LogP contribution in [-0.2, 0) is 4.79 Å². The third-order valence-electron chi connectivity index (χ3n) is 1.55. The van der Waals surface area contributed by atoms with E-state index in [-0.39, 0.29) is 10.4 Å². The summed E-state index contributed by atoms with van der Waals surface area (Å²) in [5, 5.41) is 2.57. The van der Waals surface area contributed by atoms with Gasteiger partial charge in [0.05, 0.1) is 5.70 Å². The highest BCUT2D eigenvalue weighted by Gasteiger charge is 2.06. The lowest BCUT2D eigenvalue weighted by Crippen LogP contribution is -2.18. The molecular weight excluding hydrogens is 221 g/mol. The van der Waals surface area contributed by atoms with Crippen molar-refractivity contribution in [3.05, 3.63) is 40.4 Å². The lowest BCUT2D eigenvalue weighted by Gasteiger charge is -2.07. The van der Waals surface area contributed by atoms with Crippen molar-refractivity contribution in [1.29, 1.82) is 0 Å². The van der Waals surface area contributed by atoms with Gasteiger partial charge in [0.15, 0.2) is 0 Å². The molecule has 0 heterocycles. The van der Waals surface area contributed by atoms with E-state index in [1.807, 2.05) is 30.3 Å². The molecule has 0 spiro atoms. The Morgan fingerprint density at radius 3 is 2.21 bits per heavy atom. The van der Waals surface area contributed by atoms with E-state index in [1.54, 1.807) is 0 Å². The third-order valence-corrected chi connectivity index (χ3v) is 1.93. The van der Waals surface area contributed by atoms with Crippen LogP contribution < -0.4 is 5.32 Å². The van der Waals surface area contributed by atoms with E-state index in [2.05, 4.69) is 5.32 Å². The number of halogens is 2. The van der Waals surface area contributed by atoms with Crippen LogP contribution in [0.2, 0.25) is 0 Å². The molecule has 0 aliphatic rings. The molecular formula is C10H9Cl2NO. The predicted molar refractivity (Wildman–Crippen MR) is 58.9 cm³/mol. The molecule has 1 amide bonds. The first-order valence-electron chi connectivity index (χ1n) is 3.99. The van der Waals surface area contributed by atoms with Gasteiger partial charge in [-0.15, -0.1) is 0 Å². The molecule has 74 valence electrons. The molecule has 0 saturated carbocycles. The summed E-state index contributed by atoms with van der Waals surface area (Å²) in [7, 11) is 0. The Hall–Kier alpha value is -0.990. The molecule has 4 heteroatoms. The first-order valence-corrected chi connectivity index (χ1v) is 4.75. The zero-order valence-corrected chi connectivity index (χ0v) is 9.06. The zero-order valence-electron chi connectivity index (χ0n) is 7.55. The molecule has 0 atom stereocenters. The highest BCUT2D eigenvalue weighted by atomic mass is 35.5. The molecule has 0 saturated heterocycles. The van der Waals surface area contributed by atoms with E-state index in [1.165, 1.54) is 6.92 Å². The average molecular weight is 230 g/mol. The van der Waals surface area contributed by atoms with Gasteiger partial charge in [-0.05, 0) is 0 Å². The summed E-state index contributed by atoms with van der Waals surface area (Å²) in [6.45, 7) is 1.40. The number of amides is 1. The largest absolute Gasteiger partial charge is 0.324 e. The maximum Gasteiger partial charge on any atom is 0.221 e. The first kappa shape index (κ1) is 11.1. The second-order valence-electron chi connectivity index (χ2n) is 2.68. The van der Waals surface area contributed by atoms with Crippen molar-refractivity contribution < 1.29 is 4.79 Å². The van der Waals surface area contributed by atoms with Crippen LogP contribution >= 0.6 is 23.2 Å². The van der Waals surface area contributed by atoms with Crippen LogP contribution in [0.25, 0.3) is 5.70 Å². The maximum absolute atomic E-state index is 10.9. The summed E-state index contributed by atoms with van der Waals surface area (Å²) in [6.07, 6.45) is 0. The summed E-state index contributed by atoms with van der Waals surface area (Å²) in [5.41, 5.74) is 1.21. The van der Waals surface area contributed by atoms with Crippen LogP contribution in [0, 0.1) is 0 Å². The number of carbonyl (C=O) groups excluding carboxylic acids is 1. The van der Waals surface area contributed by atoms with Crippen molar-refractivity contribution in [2.75, 3.05) is 0 Å². The van der Waals surface area contributed by atoms with E-state index in [4.69, 9.17) is 23.2 Å². The van der Waals surface area contributed by atoms with E-state index in [0.29, 0.717) is 5.70 Å². The highest BCUT2D eigenvalue weighted by Crippen LogP contribution is 2.21. The molecule has 0 bridgehead atoms. The lowest BCUT2D eigenvalue weighted by atomic mass is 10.2. The zero-order chi connectivity index (χ0) is 10.6. The Morgan fingerprint density at radius 1 is 1.21 bits per heavy atom.